The summed E-state index contributed by atoms with van der Waals surface area (Å²) in [6, 6.07) is 9.07. The Hall–Kier alpha value is -0.340. The molecular weight excluding hydrogens is 467 g/mol. The van der Waals surface area contributed by atoms with E-state index < -0.39 is 0 Å². The molecule has 2 rings (SSSR count). The van der Waals surface area contributed by atoms with Crippen LogP contribution in [-0.4, -0.2) is 55.0 Å². The van der Waals surface area contributed by atoms with Crippen LogP contribution in [0, 0.1) is 0 Å². The third kappa shape index (κ3) is 5.90. The van der Waals surface area contributed by atoms with Gasteiger partial charge >= 0.3 is 0 Å². The van der Waals surface area contributed by atoms with Crippen molar-refractivity contribution in [2.45, 2.75) is 32.9 Å². The van der Waals surface area contributed by atoms with E-state index in [1.165, 1.54) is 12.0 Å². The molecule has 1 unspecified atom stereocenters. The van der Waals surface area contributed by atoms with Crippen LogP contribution in [0.4, 0.5) is 0 Å². The number of aliphatic imine (C=N–C) groups is 1. The second-order valence-electron chi connectivity index (χ2n) is 5.64. The maximum atomic E-state index is 4.45. The van der Waals surface area contributed by atoms with E-state index in [-0.39, 0.29) is 24.0 Å². The molecule has 0 amide bonds. The van der Waals surface area contributed by atoms with Crippen LogP contribution in [0.2, 0.25) is 0 Å². The topological polar surface area (TPSA) is 30.9 Å². The lowest BCUT2D eigenvalue weighted by atomic mass is 10.2. The summed E-state index contributed by atoms with van der Waals surface area (Å²) in [4.78, 5) is 9.37. The van der Waals surface area contributed by atoms with Gasteiger partial charge in [0.05, 0.1) is 0 Å². The third-order valence-electron chi connectivity index (χ3n) is 4.37. The van der Waals surface area contributed by atoms with Gasteiger partial charge in [0.15, 0.2) is 5.96 Å². The summed E-state index contributed by atoms with van der Waals surface area (Å²) in [5, 5.41) is 3.48. The molecule has 130 valence electrons. The molecule has 1 N–H and O–H groups in total. The third-order valence-corrected chi connectivity index (χ3v) is 4.90. The number of guanidine groups is 1. The Morgan fingerprint density at radius 2 is 1.96 bits per heavy atom. The minimum Gasteiger partial charge on any atom is -0.352 e. The van der Waals surface area contributed by atoms with Crippen LogP contribution >= 0.6 is 39.9 Å². The van der Waals surface area contributed by atoms with Gasteiger partial charge in [0, 0.05) is 37.2 Å². The Bertz CT molecular complexity index is 488. The van der Waals surface area contributed by atoms with Crippen molar-refractivity contribution < 1.29 is 0 Å². The quantitative estimate of drug-likeness (QED) is 0.385. The molecule has 0 spiro atoms. The lowest BCUT2D eigenvalue weighted by Gasteiger charge is -2.27. The zero-order valence-corrected chi connectivity index (χ0v) is 18.2. The maximum Gasteiger partial charge on any atom is 0.193 e. The highest BCUT2D eigenvalue weighted by Crippen LogP contribution is 2.16. The van der Waals surface area contributed by atoms with Crippen molar-refractivity contribution in [1.29, 1.82) is 0 Å². The van der Waals surface area contributed by atoms with E-state index in [0.29, 0.717) is 6.04 Å². The second-order valence-corrected chi connectivity index (χ2v) is 6.55. The highest BCUT2D eigenvalue weighted by Gasteiger charge is 2.27. The van der Waals surface area contributed by atoms with Gasteiger partial charge in [-0.2, -0.15) is 0 Å². The van der Waals surface area contributed by atoms with Crippen LogP contribution in [0.1, 0.15) is 25.8 Å². The molecule has 0 aromatic heterocycles. The summed E-state index contributed by atoms with van der Waals surface area (Å²) in [5.41, 5.74) is 1.27. The fourth-order valence-electron chi connectivity index (χ4n) is 3.09. The number of rotatable bonds is 5. The predicted molar refractivity (Wildman–Crippen MR) is 113 cm³/mol. The summed E-state index contributed by atoms with van der Waals surface area (Å²) >= 11 is 3.47. The molecule has 1 aromatic rings. The molecule has 1 aliphatic rings. The summed E-state index contributed by atoms with van der Waals surface area (Å²) < 4.78 is 1.11. The van der Waals surface area contributed by atoms with E-state index >= 15 is 0 Å². The van der Waals surface area contributed by atoms with E-state index in [1.54, 1.807) is 0 Å². The standard InChI is InChI=1S/C17H27BrN4.HI/c1-4-21(5-2)16-10-11-22(13-16)17(19-3)20-12-14-6-8-15(18)9-7-14;/h6-9,16H,4-5,10-13H2,1-3H3,(H,19,20);1H. The first-order valence-corrected chi connectivity index (χ1v) is 8.91. The van der Waals surface area contributed by atoms with Crippen molar-refractivity contribution in [3.05, 3.63) is 34.3 Å². The van der Waals surface area contributed by atoms with Crippen LogP contribution < -0.4 is 5.32 Å². The first kappa shape index (κ1) is 20.7. The number of hydrogen-bond acceptors (Lipinski definition) is 2. The van der Waals surface area contributed by atoms with Crippen molar-refractivity contribution in [1.82, 2.24) is 15.1 Å². The Labute approximate surface area is 165 Å². The molecule has 1 fully saturated rings. The smallest absolute Gasteiger partial charge is 0.193 e. The van der Waals surface area contributed by atoms with E-state index in [1.807, 2.05) is 7.05 Å². The maximum absolute atomic E-state index is 4.45. The first-order chi connectivity index (χ1) is 10.7. The van der Waals surface area contributed by atoms with Crippen molar-refractivity contribution in [3.8, 4) is 0 Å². The fraction of sp³-hybridized carbons (Fsp3) is 0.588. The van der Waals surface area contributed by atoms with Crippen molar-refractivity contribution >= 4 is 45.9 Å². The van der Waals surface area contributed by atoms with Crippen molar-refractivity contribution in [2.24, 2.45) is 4.99 Å². The van der Waals surface area contributed by atoms with Gasteiger partial charge in [-0.15, -0.1) is 24.0 Å². The van der Waals surface area contributed by atoms with E-state index in [2.05, 4.69) is 74.2 Å². The second kappa shape index (κ2) is 10.5. The van der Waals surface area contributed by atoms with Crippen LogP contribution in [0.3, 0.4) is 0 Å². The van der Waals surface area contributed by atoms with Gasteiger partial charge in [-0.05, 0) is 37.2 Å². The molecule has 0 radical (unpaired) electrons. The zero-order valence-electron chi connectivity index (χ0n) is 14.3. The molecule has 1 aromatic carbocycles. The summed E-state index contributed by atoms with van der Waals surface area (Å²) in [6.07, 6.45) is 1.22. The Morgan fingerprint density at radius 3 is 2.52 bits per heavy atom. The lowest BCUT2D eigenvalue weighted by molar-refractivity contribution is 0.223. The molecule has 1 saturated heterocycles. The normalized spacial score (nSPS) is 18.2. The molecule has 1 aliphatic heterocycles. The highest BCUT2D eigenvalue weighted by molar-refractivity contribution is 14.0. The number of nitrogens with one attached hydrogen (secondary N) is 1. The van der Waals surface area contributed by atoms with Crippen molar-refractivity contribution in [2.75, 3.05) is 33.2 Å². The summed E-state index contributed by atoms with van der Waals surface area (Å²) in [6.45, 7) is 9.70. The first-order valence-electron chi connectivity index (χ1n) is 8.12. The molecule has 0 aliphatic carbocycles. The molecule has 23 heavy (non-hydrogen) atoms. The monoisotopic (exact) mass is 494 g/mol. The number of benzene rings is 1. The lowest BCUT2D eigenvalue weighted by Crippen LogP contribution is -2.43. The number of likely N-dealkylation sites (N-methyl/N-ethyl adjacent to an activating group) is 1. The van der Waals surface area contributed by atoms with Crippen LogP contribution in [0.5, 0.6) is 0 Å². The Balaban J connectivity index is 0.00000264. The number of hydrogen-bond donors (Lipinski definition) is 1. The van der Waals surface area contributed by atoms with Gasteiger partial charge in [0.2, 0.25) is 0 Å². The SMILES string of the molecule is CCN(CC)C1CCN(C(=NC)NCc2ccc(Br)cc2)C1.I. The predicted octanol–water partition coefficient (Wildman–Crippen LogP) is 3.56. The van der Waals surface area contributed by atoms with Gasteiger partial charge in [0.1, 0.15) is 0 Å². The van der Waals surface area contributed by atoms with Gasteiger partial charge in [-0.25, -0.2) is 0 Å². The van der Waals surface area contributed by atoms with Crippen LogP contribution in [0.25, 0.3) is 0 Å². The average Bonchev–Trinajstić information content (AvgIpc) is 3.01. The molecule has 6 heteroatoms. The number of halogens is 2. The Kier molecular flexibility index (Phi) is 9.46. The molecule has 0 saturated carbocycles. The minimum absolute atomic E-state index is 0. The van der Waals surface area contributed by atoms with E-state index in [9.17, 15) is 0 Å². The number of nitrogens with zero attached hydrogens (tertiary/aromatic N) is 3. The van der Waals surface area contributed by atoms with E-state index in [0.717, 1.165) is 43.2 Å². The van der Waals surface area contributed by atoms with Gasteiger partial charge in [0.25, 0.3) is 0 Å². The largest absolute Gasteiger partial charge is 0.352 e. The zero-order chi connectivity index (χ0) is 15.9. The molecule has 1 atom stereocenters. The van der Waals surface area contributed by atoms with E-state index in [4.69, 9.17) is 0 Å². The summed E-state index contributed by atoms with van der Waals surface area (Å²) in [5.74, 6) is 1.01. The van der Waals surface area contributed by atoms with Gasteiger partial charge < -0.3 is 10.2 Å². The Morgan fingerprint density at radius 1 is 1.30 bits per heavy atom. The molecule has 4 nitrogen and oxygen atoms in total. The molecule has 0 bridgehead atoms. The van der Waals surface area contributed by atoms with Crippen LogP contribution in [-0.2, 0) is 6.54 Å². The fourth-order valence-corrected chi connectivity index (χ4v) is 3.35. The number of likely N-dealkylation sites (tertiary alicyclic amines) is 1. The minimum atomic E-state index is 0. The van der Waals surface area contributed by atoms with Crippen molar-refractivity contribution in [3.63, 3.8) is 0 Å². The average molecular weight is 495 g/mol. The highest BCUT2D eigenvalue weighted by atomic mass is 127. The summed E-state index contributed by atoms with van der Waals surface area (Å²) in [7, 11) is 1.87. The van der Waals surface area contributed by atoms with Gasteiger partial charge in [-0.1, -0.05) is 41.9 Å². The molecule has 1 heterocycles. The van der Waals surface area contributed by atoms with Crippen LogP contribution in [0.15, 0.2) is 33.7 Å². The van der Waals surface area contributed by atoms with Gasteiger partial charge in [-0.3, -0.25) is 9.89 Å². The molecular formula is C17H28BrIN4.